The van der Waals surface area contributed by atoms with Crippen LogP contribution in [0.2, 0.25) is 0 Å². The van der Waals surface area contributed by atoms with Crippen LogP contribution in [0.5, 0.6) is 0 Å². The molecular formula is C10H18N2OS2. The van der Waals surface area contributed by atoms with E-state index in [-0.39, 0.29) is 10.8 Å². The van der Waals surface area contributed by atoms with Crippen LogP contribution in [-0.2, 0) is 11.0 Å². The molecule has 0 saturated heterocycles. The lowest BCUT2D eigenvalue weighted by Crippen LogP contribution is -2.35. The van der Waals surface area contributed by atoms with Gasteiger partial charge in [0.1, 0.15) is 0 Å². The van der Waals surface area contributed by atoms with E-state index in [2.05, 4.69) is 16.6 Å². The van der Waals surface area contributed by atoms with Crippen LogP contribution in [0.4, 0.5) is 0 Å². The summed E-state index contributed by atoms with van der Waals surface area (Å²) in [4.78, 5) is 4.24. The Balaban J connectivity index is 2.67. The van der Waals surface area contributed by atoms with Crippen LogP contribution < -0.4 is 4.72 Å². The number of nitrogens with zero attached hydrogens (tertiary/aromatic N) is 1. The third kappa shape index (κ3) is 3.66. The first-order chi connectivity index (χ1) is 6.95. The Bertz CT molecular complexity index is 317. The third-order valence-corrected chi connectivity index (χ3v) is 4.24. The molecule has 0 saturated carbocycles. The molecule has 1 N–H and O–H groups in total. The fourth-order valence-corrected chi connectivity index (χ4v) is 2.56. The van der Waals surface area contributed by atoms with Gasteiger partial charge in [0.2, 0.25) is 0 Å². The molecule has 1 rings (SSSR count). The van der Waals surface area contributed by atoms with Crippen LogP contribution in [-0.4, -0.2) is 13.9 Å². The maximum absolute atomic E-state index is 11.9. The Kier molecular flexibility index (Phi) is 4.43. The Morgan fingerprint density at radius 1 is 1.60 bits per heavy atom. The molecule has 5 heteroatoms. The summed E-state index contributed by atoms with van der Waals surface area (Å²) >= 11 is 1.57. The van der Waals surface area contributed by atoms with E-state index >= 15 is 0 Å². The molecule has 0 spiro atoms. The topological polar surface area (TPSA) is 42.0 Å². The van der Waals surface area contributed by atoms with E-state index in [1.165, 1.54) is 0 Å². The molecular weight excluding hydrogens is 228 g/mol. The quantitative estimate of drug-likeness (QED) is 0.887. The first-order valence-electron chi connectivity index (χ1n) is 5.01. The third-order valence-electron chi connectivity index (χ3n) is 2.02. The maximum atomic E-state index is 11.9. The van der Waals surface area contributed by atoms with E-state index < -0.39 is 11.0 Å². The van der Waals surface area contributed by atoms with Gasteiger partial charge in [0.25, 0.3) is 0 Å². The first kappa shape index (κ1) is 12.8. The zero-order valence-corrected chi connectivity index (χ0v) is 11.2. The Morgan fingerprint density at radius 2 is 2.27 bits per heavy atom. The highest BCUT2D eigenvalue weighted by Gasteiger charge is 2.23. The fraction of sp³-hybridized carbons (Fsp3) is 0.700. The molecule has 0 bridgehead atoms. The second-order valence-corrected chi connectivity index (χ2v) is 7.09. The van der Waals surface area contributed by atoms with Crippen LogP contribution in [0.3, 0.4) is 0 Å². The smallest absolute Gasteiger partial charge is 0.0976 e. The molecule has 0 aliphatic rings. The first-order valence-corrected chi connectivity index (χ1v) is 7.10. The standard InChI is InChI=1S/C10H18N2OS2/c1-5-8(9-6-14-7-11-9)12-15(13)10(2,3)4/h6-8,12H,5H2,1-4H3/t8?,15-/m0/s1. The van der Waals surface area contributed by atoms with Gasteiger partial charge in [0, 0.05) is 5.38 Å². The summed E-state index contributed by atoms with van der Waals surface area (Å²) in [5, 5.41) is 2.00. The summed E-state index contributed by atoms with van der Waals surface area (Å²) < 4.78 is 14.8. The van der Waals surface area contributed by atoms with Gasteiger partial charge >= 0.3 is 0 Å². The molecule has 0 fully saturated rings. The molecule has 15 heavy (non-hydrogen) atoms. The molecule has 1 heterocycles. The molecule has 1 aromatic heterocycles. The predicted molar refractivity (Wildman–Crippen MR) is 66.2 cm³/mol. The van der Waals surface area contributed by atoms with Gasteiger partial charge in [0.15, 0.2) is 0 Å². The second-order valence-electron chi connectivity index (χ2n) is 4.37. The van der Waals surface area contributed by atoms with Crippen molar-refractivity contribution in [3.05, 3.63) is 16.6 Å². The van der Waals surface area contributed by atoms with Gasteiger partial charge in [-0.1, -0.05) is 6.92 Å². The molecule has 1 aromatic rings. The SMILES string of the molecule is CCC(N[S@@](=O)C(C)(C)C)c1cscn1. The minimum atomic E-state index is -1.04. The minimum absolute atomic E-state index is 0.0938. The number of hydrogen-bond donors (Lipinski definition) is 1. The summed E-state index contributed by atoms with van der Waals surface area (Å²) in [5.74, 6) is 0. The van der Waals surface area contributed by atoms with Gasteiger partial charge in [-0.3, -0.25) is 0 Å². The molecule has 0 aliphatic carbocycles. The zero-order chi connectivity index (χ0) is 11.5. The number of hydrogen-bond acceptors (Lipinski definition) is 3. The van der Waals surface area contributed by atoms with Crippen LogP contribution in [0, 0.1) is 0 Å². The highest BCUT2D eigenvalue weighted by molar-refractivity contribution is 7.84. The number of aromatic nitrogens is 1. The van der Waals surface area contributed by atoms with Gasteiger partial charge in [-0.15, -0.1) is 11.3 Å². The predicted octanol–water partition coefficient (Wildman–Crippen LogP) is 2.65. The summed E-state index contributed by atoms with van der Waals surface area (Å²) in [6.45, 7) is 7.95. The van der Waals surface area contributed by atoms with E-state index in [4.69, 9.17) is 0 Å². The summed E-state index contributed by atoms with van der Waals surface area (Å²) in [6.07, 6.45) is 0.894. The molecule has 3 nitrogen and oxygen atoms in total. The van der Waals surface area contributed by atoms with Gasteiger partial charge in [-0.25, -0.2) is 13.9 Å². The van der Waals surface area contributed by atoms with Crippen molar-refractivity contribution < 1.29 is 4.21 Å². The van der Waals surface area contributed by atoms with Crippen molar-refractivity contribution in [2.75, 3.05) is 0 Å². The lowest BCUT2D eigenvalue weighted by atomic mass is 10.2. The van der Waals surface area contributed by atoms with Crippen molar-refractivity contribution in [2.24, 2.45) is 0 Å². The minimum Gasteiger partial charge on any atom is -0.248 e. The highest BCUT2D eigenvalue weighted by atomic mass is 32.2. The molecule has 0 amide bonds. The van der Waals surface area contributed by atoms with Crippen molar-refractivity contribution in [2.45, 2.75) is 44.9 Å². The molecule has 2 atom stereocenters. The van der Waals surface area contributed by atoms with Crippen LogP contribution in [0.25, 0.3) is 0 Å². The van der Waals surface area contributed by atoms with E-state index in [1.807, 2.05) is 26.2 Å². The molecule has 1 unspecified atom stereocenters. The monoisotopic (exact) mass is 246 g/mol. The number of thiazole rings is 1. The Labute approximate surface area is 97.9 Å². The van der Waals surface area contributed by atoms with Crippen molar-refractivity contribution in [1.82, 2.24) is 9.71 Å². The summed E-state index contributed by atoms with van der Waals surface area (Å²) in [7, 11) is -1.04. The second kappa shape index (κ2) is 5.18. The van der Waals surface area contributed by atoms with Crippen molar-refractivity contribution in [3.63, 3.8) is 0 Å². The van der Waals surface area contributed by atoms with Gasteiger partial charge in [-0.05, 0) is 27.2 Å². The molecule has 0 radical (unpaired) electrons. The fourth-order valence-electron chi connectivity index (χ4n) is 1.05. The number of nitrogens with one attached hydrogen (secondary N) is 1. The Morgan fingerprint density at radius 3 is 2.67 bits per heavy atom. The largest absolute Gasteiger partial charge is 0.248 e. The average molecular weight is 246 g/mol. The van der Waals surface area contributed by atoms with Gasteiger partial charge in [-0.2, -0.15) is 0 Å². The summed E-state index contributed by atoms with van der Waals surface area (Å²) in [5.41, 5.74) is 2.79. The van der Waals surface area contributed by atoms with E-state index in [0.717, 1.165) is 12.1 Å². The molecule has 0 aliphatic heterocycles. The lowest BCUT2D eigenvalue weighted by molar-refractivity contribution is 0.582. The normalized spacial score (nSPS) is 16.3. The molecule has 86 valence electrons. The van der Waals surface area contributed by atoms with E-state index in [0.29, 0.717) is 0 Å². The molecule has 0 aromatic carbocycles. The Hall–Kier alpha value is -0.260. The highest BCUT2D eigenvalue weighted by Crippen LogP contribution is 2.19. The van der Waals surface area contributed by atoms with Crippen molar-refractivity contribution in [3.8, 4) is 0 Å². The summed E-state index contributed by atoms with van der Waals surface area (Å²) in [6, 6.07) is 0.0938. The van der Waals surface area contributed by atoms with Crippen LogP contribution in [0.15, 0.2) is 10.9 Å². The van der Waals surface area contributed by atoms with E-state index in [1.54, 1.807) is 16.8 Å². The van der Waals surface area contributed by atoms with Crippen LogP contribution in [0.1, 0.15) is 45.9 Å². The lowest BCUT2D eigenvalue weighted by Gasteiger charge is -2.22. The zero-order valence-electron chi connectivity index (χ0n) is 9.61. The van der Waals surface area contributed by atoms with Crippen LogP contribution >= 0.6 is 11.3 Å². The number of rotatable bonds is 4. The van der Waals surface area contributed by atoms with Crippen molar-refractivity contribution >= 4 is 22.3 Å². The average Bonchev–Trinajstić information content (AvgIpc) is 2.64. The maximum Gasteiger partial charge on any atom is 0.0976 e. The van der Waals surface area contributed by atoms with Crippen molar-refractivity contribution in [1.29, 1.82) is 0 Å². The van der Waals surface area contributed by atoms with Gasteiger partial charge in [0.05, 0.1) is 33.0 Å². The van der Waals surface area contributed by atoms with Gasteiger partial charge < -0.3 is 0 Å². The van der Waals surface area contributed by atoms with E-state index in [9.17, 15) is 4.21 Å².